The van der Waals surface area contributed by atoms with Crippen LogP contribution in [0.5, 0.6) is 0 Å². The van der Waals surface area contributed by atoms with E-state index in [0.717, 1.165) is 48.0 Å². The van der Waals surface area contributed by atoms with E-state index in [-0.39, 0.29) is 5.91 Å². The van der Waals surface area contributed by atoms with Gasteiger partial charge in [0.25, 0.3) is 0 Å². The zero-order valence-corrected chi connectivity index (χ0v) is 12.4. The lowest BCUT2D eigenvalue weighted by molar-refractivity contribution is -0.116. The zero-order valence-electron chi connectivity index (χ0n) is 10.8. The molecular formula is C14H21BrN2O. The average Bonchev–Trinajstić information content (AvgIpc) is 2.33. The number of benzene rings is 1. The molecule has 4 heteroatoms. The van der Waals surface area contributed by atoms with Crippen LogP contribution in [0.2, 0.25) is 0 Å². The van der Waals surface area contributed by atoms with E-state index in [2.05, 4.69) is 21.2 Å². The molecule has 100 valence electrons. The predicted octanol–water partition coefficient (Wildman–Crippen LogP) is 3.61. The molecule has 3 nitrogen and oxygen atoms in total. The van der Waals surface area contributed by atoms with Gasteiger partial charge in [-0.3, -0.25) is 4.79 Å². The van der Waals surface area contributed by atoms with E-state index < -0.39 is 0 Å². The molecule has 0 aliphatic carbocycles. The highest BCUT2D eigenvalue weighted by Gasteiger charge is 2.05. The second kappa shape index (κ2) is 8.27. The fourth-order valence-electron chi connectivity index (χ4n) is 1.73. The van der Waals surface area contributed by atoms with Gasteiger partial charge >= 0.3 is 0 Å². The van der Waals surface area contributed by atoms with E-state index in [9.17, 15) is 4.79 Å². The van der Waals surface area contributed by atoms with Crippen molar-refractivity contribution in [3.8, 4) is 0 Å². The first-order chi connectivity index (χ1) is 8.63. The Morgan fingerprint density at radius 1 is 1.28 bits per heavy atom. The molecule has 0 fully saturated rings. The number of amides is 1. The minimum Gasteiger partial charge on any atom is -0.330 e. The summed E-state index contributed by atoms with van der Waals surface area (Å²) in [4.78, 5) is 11.8. The van der Waals surface area contributed by atoms with Crippen molar-refractivity contribution in [2.75, 3.05) is 11.9 Å². The first-order valence-corrected chi connectivity index (χ1v) is 7.19. The molecule has 0 aromatic heterocycles. The Kier molecular flexibility index (Phi) is 6.98. The van der Waals surface area contributed by atoms with Crippen LogP contribution in [0.25, 0.3) is 0 Å². The average molecular weight is 313 g/mol. The first kappa shape index (κ1) is 15.2. The van der Waals surface area contributed by atoms with E-state index in [1.807, 2.05) is 25.1 Å². The van der Waals surface area contributed by atoms with Gasteiger partial charge in [-0.25, -0.2) is 0 Å². The Hall–Kier alpha value is -0.870. The van der Waals surface area contributed by atoms with Crippen LogP contribution >= 0.6 is 15.9 Å². The van der Waals surface area contributed by atoms with E-state index >= 15 is 0 Å². The van der Waals surface area contributed by atoms with Crippen LogP contribution in [-0.4, -0.2) is 12.5 Å². The number of halogens is 1. The van der Waals surface area contributed by atoms with Gasteiger partial charge in [0.05, 0.1) is 5.69 Å². The van der Waals surface area contributed by atoms with Gasteiger partial charge in [-0.2, -0.15) is 0 Å². The second-order valence-electron chi connectivity index (χ2n) is 4.48. The zero-order chi connectivity index (χ0) is 13.4. The SMILES string of the molecule is Cc1ccc(Br)c(NC(=O)CCCCCCN)c1. The van der Waals surface area contributed by atoms with Gasteiger partial charge in [-0.1, -0.05) is 18.9 Å². The number of nitrogens with two attached hydrogens (primary N) is 1. The Bertz CT molecular complexity index is 393. The minimum absolute atomic E-state index is 0.0778. The fourth-order valence-corrected chi connectivity index (χ4v) is 2.08. The second-order valence-corrected chi connectivity index (χ2v) is 5.34. The van der Waals surface area contributed by atoms with Crippen LogP contribution in [0.1, 0.15) is 37.7 Å². The summed E-state index contributed by atoms with van der Waals surface area (Å²) in [5.74, 6) is 0.0778. The third-order valence-electron chi connectivity index (χ3n) is 2.75. The Balaban J connectivity index is 2.33. The molecule has 0 aliphatic rings. The van der Waals surface area contributed by atoms with Gasteiger partial charge in [-0.15, -0.1) is 0 Å². The van der Waals surface area contributed by atoms with E-state index in [4.69, 9.17) is 5.73 Å². The molecule has 1 aromatic rings. The number of rotatable bonds is 7. The lowest BCUT2D eigenvalue weighted by Gasteiger charge is -2.08. The molecule has 18 heavy (non-hydrogen) atoms. The lowest BCUT2D eigenvalue weighted by Crippen LogP contribution is -2.11. The number of anilines is 1. The predicted molar refractivity (Wildman–Crippen MR) is 79.6 cm³/mol. The molecule has 0 radical (unpaired) electrons. The van der Waals surface area contributed by atoms with E-state index in [1.165, 1.54) is 0 Å². The van der Waals surface area contributed by atoms with Crippen molar-refractivity contribution in [3.63, 3.8) is 0 Å². The standard InChI is InChI=1S/C14H21BrN2O/c1-11-7-8-12(15)13(10-11)17-14(18)6-4-2-3-5-9-16/h7-8,10H,2-6,9,16H2,1H3,(H,17,18). The van der Waals surface area contributed by atoms with Crippen LogP contribution < -0.4 is 11.1 Å². The van der Waals surface area contributed by atoms with Crippen LogP contribution in [0.3, 0.4) is 0 Å². The molecular weight excluding hydrogens is 292 g/mol. The topological polar surface area (TPSA) is 55.1 Å². The largest absolute Gasteiger partial charge is 0.330 e. The van der Waals surface area contributed by atoms with Crippen LogP contribution in [0.15, 0.2) is 22.7 Å². The summed E-state index contributed by atoms with van der Waals surface area (Å²) in [6.07, 6.45) is 4.72. The summed E-state index contributed by atoms with van der Waals surface area (Å²) in [6, 6.07) is 5.93. The number of hydrogen-bond acceptors (Lipinski definition) is 2. The summed E-state index contributed by atoms with van der Waals surface area (Å²) in [7, 11) is 0. The fraction of sp³-hybridized carbons (Fsp3) is 0.500. The summed E-state index contributed by atoms with van der Waals surface area (Å²) in [5, 5.41) is 2.93. The van der Waals surface area contributed by atoms with Crippen molar-refractivity contribution in [1.82, 2.24) is 0 Å². The number of hydrogen-bond donors (Lipinski definition) is 2. The van der Waals surface area contributed by atoms with Gasteiger partial charge in [-0.05, 0) is 59.9 Å². The molecule has 0 heterocycles. The normalized spacial score (nSPS) is 10.4. The monoisotopic (exact) mass is 312 g/mol. The van der Waals surface area contributed by atoms with Gasteiger partial charge in [0.15, 0.2) is 0 Å². The highest BCUT2D eigenvalue weighted by atomic mass is 79.9. The molecule has 0 saturated carbocycles. The summed E-state index contributed by atoms with van der Waals surface area (Å²) < 4.78 is 0.921. The number of carbonyl (C=O) groups excluding carboxylic acids is 1. The minimum atomic E-state index is 0.0778. The van der Waals surface area contributed by atoms with Crippen molar-refractivity contribution >= 4 is 27.5 Å². The Morgan fingerprint density at radius 3 is 2.72 bits per heavy atom. The number of unbranched alkanes of at least 4 members (excludes halogenated alkanes) is 3. The maximum atomic E-state index is 11.8. The molecule has 0 saturated heterocycles. The highest BCUT2D eigenvalue weighted by molar-refractivity contribution is 9.10. The maximum absolute atomic E-state index is 11.8. The smallest absolute Gasteiger partial charge is 0.224 e. The van der Waals surface area contributed by atoms with E-state index in [0.29, 0.717) is 6.42 Å². The van der Waals surface area contributed by atoms with Gasteiger partial charge in [0.2, 0.25) is 5.91 Å². The molecule has 0 bridgehead atoms. The van der Waals surface area contributed by atoms with Crippen molar-refractivity contribution < 1.29 is 4.79 Å². The quantitative estimate of drug-likeness (QED) is 0.756. The molecule has 1 rings (SSSR count). The number of aryl methyl sites for hydroxylation is 1. The van der Waals surface area contributed by atoms with Crippen LogP contribution in [0, 0.1) is 6.92 Å². The molecule has 3 N–H and O–H groups in total. The van der Waals surface area contributed by atoms with Gasteiger partial charge < -0.3 is 11.1 Å². The third kappa shape index (κ3) is 5.65. The first-order valence-electron chi connectivity index (χ1n) is 6.39. The summed E-state index contributed by atoms with van der Waals surface area (Å²) in [5.41, 5.74) is 7.40. The molecule has 0 spiro atoms. The van der Waals surface area contributed by atoms with Crippen molar-refractivity contribution in [2.45, 2.75) is 39.0 Å². The third-order valence-corrected chi connectivity index (χ3v) is 3.45. The van der Waals surface area contributed by atoms with E-state index in [1.54, 1.807) is 0 Å². The Morgan fingerprint density at radius 2 is 2.00 bits per heavy atom. The lowest BCUT2D eigenvalue weighted by atomic mass is 10.1. The van der Waals surface area contributed by atoms with Crippen molar-refractivity contribution in [1.29, 1.82) is 0 Å². The molecule has 1 amide bonds. The molecule has 1 aromatic carbocycles. The van der Waals surface area contributed by atoms with Crippen molar-refractivity contribution in [3.05, 3.63) is 28.2 Å². The summed E-state index contributed by atoms with van der Waals surface area (Å²) in [6.45, 7) is 2.75. The van der Waals surface area contributed by atoms with Gasteiger partial charge in [0.1, 0.15) is 0 Å². The van der Waals surface area contributed by atoms with Crippen LogP contribution in [0.4, 0.5) is 5.69 Å². The van der Waals surface area contributed by atoms with Crippen molar-refractivity contribution in [2.24, 2.45) is 5.73 Å². The maximum Gasteiger partial charge on any atom is 0.224 e. The summed E-state index contributed by atoms with van der Waals surface area (Å²) >= 11 is 3.43. The molecule has 0 unspecified atom stereocenters. The molecule has 0 aliphatic heterocycles. The van der Waals surface area contributed by atoms with Crippen LogP contribution in [-0.2, 0) is 4.79 Å². The highest BCUT2D eigenvalue weighted by Crippen LogP contribution is 2.23. The van der Waals surface area contributed by atoms with Gasteiger partial charge in [0, 0.05) is 10.9 Å². The number of carbonyl (C=O) groups is 1. The Labute approximate surface area is 117 Å². The molecule has 0 atom stereocenters. The number of nitrogens with one attached hydrogen (secondary N) is 1.